The molecule has 1 N–H and O–H groups in total. The molecule has 0 aliphatic carbocycles. The lowest BCUT2D eigenvalue weighted by Crippen LogP contribution is -2.08. The van der Waals surface area contributed by atoms with E-state index < -0.39 is 0 Å². The number of hydrogen-bond acceptors (Lipinski definition) is 5. The molecule has 0 spiro atoms. The Bertz CT molecular complexity index is 852. The number of nitrogens with one attached hydrogen (secondary N) is 1. The number of aromatic nitrogens is 1. The van der Waals surface area contributed by atoms with Crippen LogP contribution in [-0.4, -0.2) is 19.1 Å². The summed E-state index contributed by atoms with van der Waals surface area (Å²) in [6.45, 7) is 0. The summed E-state index contributed by atoms with van der Waals surface area (Å²) in [5, 5.41) is 12.4. The number of anilines is 2. The van der Waals surface area contributed by atoms with E-state index >= 15 is 0 Å². The van der Waals surface area contributed by atoms with Crippen molar-refractivity contribution in [3.05, 3.63) is 60.6 Å². The van der Waals surface area contributed by atoms with Crippen LogP contribution in [0.5, 0.6) is 0 Å². The summed E-state index contributed by atoms with van der Waals surface area (Å²) >= 11 is 0. The molecule has 0 bridgehead atoms. The van der Waals surface area contributed by atoms with Gasteiger partial charge in [-0.15, -0.1) is 0 Å². The van der Waals surface area contributed by atoms with Crippen LogP contribution in [0.3, 0.4) is 0 Å². The molecule has 2 aromatic carbocycles. The molecule has 0 unspecified atom stereocenters. The number of nitriles is 1. The molecule has 0 radical (unpaired) electrons. The van der Waals surface area contributed by atoms with Gasteiger partial charge in [-0.05, 0) is 36.4 Å². The molecule has 0 amide bonds. The summed E-state index contributed by atoms with van der Waals surface area (Å²) < 4.78 is 5.61. The van der Waals surface area contributed by atoms with Crippen molar-refractivity contribution in [2.24, 2.45) is 0 Å². The molecule has 1 aromatic heterocycles. The number of rotatable bonds is 4. The Balaban J connectivity index is 1.83. The van der Waals surface area contributed by atoms with E-state index in [9.17, 15) is 5.26 Å². The molecule has 1 heterocycles. The highest BCUT2D eigenvalue weighted by molar-refractivity contribution is 5.80. The lowest BCUT2D eigenvalue weighted by Gasteiger charge is -2.12. The SMILES string of the molecule is CN(C)c1ccc(NC=C(C#N)c2nc3ccccc3o2)cc1. The van der Waals surface area contributed by atoms with Crippen molar-refractivity contribution in [1.82, 2.24) is 4.98 Å². The van der Waals surface area contributed by atoms with E-state index in [2.05, 4.69) is 16.4 Å². The van der Waals surface area contributed by atoms with Crippen molar-refractivity contribution in [2.75, 3.05) is 24.3 Å². The number of para-hydroxylation sites is 2. The average Bonchev–Trinajstić information content (AvgIpc) is 2.99. The Kier molecular flexibility index (Phi) is 3.98. The molecule has 0 aliphatic rings. The highest BCUT2D eigenvalue weighted by Gasteiger charge is 2.10. The Morgan fingerprint density at radius 1 is 1.17 bits per heavy atom. The fraction of sp³-hybridized carbons (Fsp3) is 0.111. The van der Waals surface area contributed by atoms with Crippen LogP contribution in [0.2, 0.25) is 0 Å². The first kappa shape index (κ1) is 14.7. The average molecular weight is 304 g/mol. The number of oxazole rings is 1. The number of hydrogen-bond donors (Lipinski definition) is 1. The van der Waals surface area contributed by atoms with Crippen molar-refractivity contribution in [3.8, 4) is 6.07 Å². The second-order valence-corrected chi connectivity index (χ2v) is 5.24. The molecule has 0 aliphatic heterocycles. The first-order valence-corrected chi connectivity index (χ1v) is 7.17. The Morgan fingerprint density at radius 2 is 1.91 bits per heavy atom. The predicted octanol–water partition coefficient (Wildman–Crippen LogP) is 3.87. The number of benzene rings is 2. The third-order valence-electron chi connectivity index (χ3n) is 3.41. The zero-order valence-corrected chi connectivity index (χ0v) is 12.9. The van der Waals surface area contributed by atoms with E-state index in [1.54, 1.807) is 6.20 Å². The normalized spacial score (nSPS) is 11.3. The second kappa shape index (κ2) is 6.24. The molecular weight excluding hydrogens is 288 g/mol. The van der Waals surface area contributed by atoms with Crippen molar-refractivity contribution < 1.29 is 4.42 Å². The molecule has 0 atom stereocenters. The maximum absolute atomic E-state index is 9.33. The van der Waals surface area contributed by atoms with Gasteiger partial charge in [0.15, 0.2) is 5.58 Å². The molecule has 114 valence electrons. The molecular formula is C18H16N4O. The Labute approximate surface area is 134 Å². The molecule has 0 saturated carbocycles. The lowest BCUT2D eigenvalue weighted by atomic mass is 10.2. The molecule has 23 heavy (non-hydrogen) atoms. The number of fused-ring (bicyclic) bond motifs is 1. The van der Waals surface area contributed by atoms with Gasteiger partial charge in [-0.3, -0.25) is 0 Å². The fourth-order valence-corrected chi connectivity index (χ4v) is 2.14. The third-order valence-corrected chi connectivity index (χ3v) is 3.41. The summed E-state index contributed by atoms with van der Waals surface area (Å²) in [5.41, 5.74) is 3.74. The van der Waals surface area contributed by atoms with Crippen LogP contribution < -0.4 is 10.2 Å². The van der Waals surface area contributed by atoms with Gasteiger partial charge in [-0.2, -0.15) is 5.26 Å². The number of nitrogens with zero attached hydrogens (tertiary/aromatic N) is 3. The quantitative estimate of drug-likeness (QED) is 0.741. The van der Waals surface area contributed by atoms with Gasteiger partial charge in [0.25, 0.3) is 0 Å². The summed E-state index contributed by atoms with van der Waals surface area (Å²) in [4.78, 5) is 6.36. The summed E-state index contributed by atoms with van der Waals surface area (Å²) in [6.07, 6.45) is 1.61. The van der Waals surface area contributed by atoms with Gasteiger partial charge in [0.05, 0.1) is 0 Å². The summed E-state index contributed by atoms with van der Waals surface area (Å²) in [5.74, 6) is 0.311. The van der Waals surface area contributed by atoms with Gasteiger partial charge < -0.3 is 14.6 Å². The first-order chi connectivity index (χ1) is 11.2. The highest BCUT2D eigenvalue weighted by Crippen LogP contribution is 2.21. The Hall–Kier alpha value is -3.26. The van der Waals surface area contributed by atoms with Crippen LogP contribution >= 0.6 is 0 Å². The standard InChI is InChI=1S/C18H16N4O/c1-22(2)15-9-7-14(8-10-15)20-12-13(11-19)18-21-16-5-3-4-6-17(16)23-18/h3-10,12,20H,1-2H3. The van der Waals surface area contributed by atoms with Gasteiger partial charge in [-0.25, -0.2) is 4.98 Å². The zero-order valence-electron chi connectivity index (χ0n) is 12.9. The monoisotopic (exact) mass is 304 g/mol. The molecule has 5 heteroatoms. The van der Waals surface area contributed by atoms with E-state index in [1.807, 2.05) is 67.5 Å². The largest absolute Gasteiger partial charge is 0.435 e. The van der Waals surface area contributed by atoms with Gasteiger partial charge in [0.2, 0.25) is 5.89 Å². The van der Waals surface area contributed by atoms with Gasteiger partial charge in [0.1, 0.15) is 17.2 Å². The van der Waals surface area contributed by atoms with Crippen LogP contribution in [0, 0.1) is 11.3 Å². The summed E-state index contributed by atoms with van der Waals surface area (Å²) in [6, 6.07) is 17.5. The van der Waals surface area contributed by atoms with Gasteiger partial charge in [-0.1, -0.05) is 12.1 Å². The minimum atomic E-state index is 0.311. The van der Waals surface area contributed by atoms with E-state index in [1.165, 1.54) is 0 Å². The molecule has 3 rings (SSSR count). The van der Waals surface area contributed by atoms with Gasteiger partial charge in [0, 0.05) is 31.7 Å². The predicted molar refractivity (Wildman–Crippen MR) is 92.0 cm³/mol. The first-order valence-electron chi connectivity index (χ1n) is 7.17. The van der Waals surface area contributed by atoms with Crippen LogP contribution in [0.25, 0.3) is 16.7 Å². The van der Waals surface area contributed by atoms with E-state index in [0.29, 0.717) is 17.0 Å². The van der Waals surface area contributed by atoms with Crippen LogP contribution in [-0.2, 0) is 0 Å². The molecule has 5 nitrogen and oxygen atoms in total. The van der Waals surface area contributed by atoms with Crippen molar-refractivity contribution in [1.29, 1.82) is 5.26 Å². The molecule has 3 aromatic rings. The van der Waals surface area contributed by atoms with Crippen molar-refractivity contribution >= 4 is 28.0 Å². The molecule has 0 saturated heterocycles. The fourth-order valence-electron chi connectivity index (χ4n) is 2.14. The van der Waals surface area contributed by atoms with E-state index in [4.69, 9.17) is 4.42 Å². The van der Waals surface area contributed by atoms with Crippen molar-refractivity contribution in [3.63, 3.8) is 0 Å². The topological polar surface area (TPSA) is 65.1 Å². The van der Waals surface area contributed by atoms with Gasteiger partial charge >= 0.3 is 0 Å². The second-order valence-electron chi connectivity index (χ2n) is 5.24. The van der Waals surface area contributed by atoms with E-state index in [0.717, 1.165) is 16.9 Å². The molecule has 0 fully saturated rings. The summed E-state index contributed by atoms with van der Waals surface area (Å²) in [7, 11) is 3.98. The zero-order chi connectivity index (χ0) is 16.2. The smallest absolute Gasteiger partial charge is 0.239 e. The Morgan fingerprint density at radius 3 is 2.57 bits per heavy atom. The highest BCUT2D eigenvalue weighted by atomic mass is 16.3. The lowest BCUT2D eigenvalue weighted by molar-refractivity contribution is 0.586. The maximum Gasteiger partial charge on any atom is 0.239 e. The number of allylic oxidation sites excluding steroid dienone is 1. The minimum absolute atomic E-state index is 0.311. The van der Waals surface area contributed by atoms with E-state index in [-0.39, 0.29) is 0 Å². The van der Waals surface area contributed by atoms with Crippen LogP contribution in [0.15, 0.2) is 59.1 Å². The van der Waals surface area contributed by atoms with Crippen LogP contribution in [0.4, 0.5) is 11.4 Å². The maximum atomic E-state index is 9.33. The third kappa shape index (κ3) is 3.16. The van der Waals surface area contributed by atoms with Crippen LogP contribution in [0.1, 0.15) is 5.89 Å². The minimum Gasteiger partial charge on any atom is -0.435 e. The van der Waals surface area contributed by atoms with Crippen molar-refractivity contribution in [2.45, 2.75) is 0 Å².